The van der Waals surface area contributed by atoms with Gasteiger partial charge in [0.1, 0.15) is 0 Å². The van der Waals surface area contributed by atoms with Gasteiger partial charge in [0.2, 0.25) is 0 Å². The molecular weight excluding hydrogens is 326 g/mol. The van der Waals surface area contributed by atoms with Crippen LogP contribution in [0.4, 0.5) is 0 Å². The fourth-order valence-electron chi connectivity index (χ4n) is 2.09. The minimum Gasteiger partial charge on any atom is -0.396 e. The predicted molar refractivity (Wildman–Crippen MR) is 86.5 cm³/mol. The van der Waals surface area contributed by atoms with Gasteiger partial charge in [0.05, 0.1) is 30.2 Å². The summed E-state index contributed by atoms with van der Waals surface area (Å²) in [5.74, 6) is -0.334. The number of hydrogen-bond donors (Lipinski definition) is 1. The van der Waals surface area contributed by atoms with Gasteiger partial charge in [0.15, 0.2) is 0 Å². The van der Waals surface area contributed by atoms with E-state index in [9.17, 15) is 9.59 Å². The molecule has 0 unspecified atom stereocenters. The van der Waals surface area contributed by atoms with Crippen LogP contribution in [0, 0.1) is 0 Å². The molecule has 0 fully saturated rings. The SMILES string of the molecule is COCCN1C(=O)C(SCCO)=C(c2ccc(Cl)cc2)C1=O. The van der Waals surface area contributed by atoms with Gasteiger partial charge in [0, 0.05) is 17.9 Å². The number of benzene rings is 1. The van der Waals surface area contributed by atoms with Gasteiger partial charge in [-0.25, -0.2) is 0 Å². The molecule has 1 aromatic rings. The number of imide groups is 1. The van der Waals surface area contributed by atoms with E-state index in [-0.39, 0.29) is 31.6 Å². The molecule has 1 aliphatic heterocycles. The third kappa shape index (κ3) is 3.52. The van der Waals surface area contributed by atoms with Gasteiger partial charge >= 0.3 is 0 Å². The monoisotopic (exact) mass is 341 g/mol. The average Bonchev–Trinajstić information content (AvgIpc) is 2.75. The van der Waals surface area contributed by atoms with Crippen molar-refractivity contribution in [3.63, 3.8) is 0 Å². The topological polar surface area (TPSA) is 66.8 Å². The van der Waals surface area contributed by atoms with E-state index in [0.717, 1.165) is 0 Å². The van der Waals surface area contributed by atoms with Crippen LogP contribution in [0.1, 0.15) is 5.56 Å². The van der Waals surface area contributed by atoms with Gasteiger partial charge in [-0.15, -0.1) is 11.8 Å². The number of thioether (sulfide) groups is 1. The Morgan fingerprint density at radius 3 is 2.50 bits per heavy atom. The van der Waals surface area contributed by atoms with Gasteiger partial charge in [0.25, 0.3) is 11.8 Å². The zero-order chi connectivity index (χ0) is 16.1. The summed E-state index contributed by atoms with van der Waals surface area (Å²) in [6, 6.07) is 6.77. The molecule has 2 rings (SSSR count). The van der Waals surface area contributed by atoms with Crippen LogP contribution in [0.25, 0.3) is 5.57 Å². The first-order valence-corrected chi connectivity index (χ1v) is 8.05. The van der Waals surface area contributed by atoms with Crippen molar-refractivity contribution in [3.8, 4) is 0 Å². The highest BCUT2D eigenvalue weighted by Gasteiger charge is 2.38. The minimum absolute atomic E-state index is 0.0679. The Hall–Kier alpha value is -1.34. The zero-order valence-electron chi connectivity index (χ0n) is 12.0. The Labute approximate surface area is 137 Å². The van der Waals surface area contributed by atoms with Crippen molar-refractivity contribution in [1.29, 1.82) is 0 Å². The molecule has 0 atom stereocenters. The summed E-state index contributed by atoms with van der Waals surface area (Å²) < 4.78 is 4.94. The maximum atomic E-state index is 12.6. The van der Waals surface area contributed by atoms with Crippen LogP contribution in [-0.4, -0.2) is 54.4 Å². The first kappa shape index (κ1) is 17.0. The lowest BCUT2D eigenvalue weighted by Crippen LogP contribution is -2.34. The molecule has 2 amide bonds. The summed E-state index contributed by atoms with van der Waals surface area (Å²) in [7, 11) is 1.51. The molecule has 0 spiro atoms. The summed E-state index contributed by atoms with van der Waals surface area (Å²) >= 11 is 7.05. The van der Waals surface area contributed by atoms with Crippen molar-refractivity contribution in [2.45, 2.75) is 0 Å². The van der Waals surface area contributed by atoms with Crippen LogP contribution in [0.5, 0.6) is 0 Å². The number of carbonyl (C=O) groups is 2. The van der Waals surface area contributed by atoms with Crippen LogP contribution in [0.3, 0.4) is 0 Å². The molecule has 0 saturated heterocycles. The van der Waals surface area contributed by atoms with Gasteiger partial charge in [-0.1, -0.05) is 23.7 Å². The molecule has 1 heterocycles. The number of rotatable bonds is 7. The second kappa shape index (κ2) is 7.78. The molecule has 0 saturated carbocycles. The summed E-state index contributed by atoms with van der Waals surface area (Å²) in [5.41, 5.74) is 0.999. The summed E-state index contributed by atoms with van der Waals surface area (Å²) in [6.45, 7) is 0.416. The molecule has 118 valence electrons. The molecule has 5 nitrogen and oxygen atoms in total. The highest BCUT2D eigenvalue weighted by molar-refractivity contribution is 8.04. The number of aliphatic hydroxyl groups excluding tert-OH is 1. The quantitative estimate of drug-likeness (QED) is 0.766. The highest BCUT2D eigenvalue weighted by Crippen LogP contribution is 2.36. The van der Waals surface area contributed by atoms with Crippen molar-refractivity contribution in [3.05, 3.63) is 39.8 Å². The third-order valence-corrected chi connectivity index (χ3v) is 4.42. The molecule has 1 N–H and O–H groups in total. The van der Waals surface area contributed by atoms with Crippen molar-refractivity contribution >= 4 is 40.8 Å². The van der Waals surface area contributed by atoms with Crippen molar-refractivity contribution in [2.75, 3.05) is 32.6 Å². The van der Waals surface area contributed by atoms with Crippen LogP contribution >= 0.6 is 23.4 Å². The van der Waals surface area contributed by atoms with Crippen LogP contribution in [-0.2, 0) is 14.3 Å². The molecule has 1 aliphatic rings. The molecule has 0 aromatic heterocycles. The molecule has 22 heavy (non-hydrogen) atoms. The molecule has 0 radical (unpaired) electrons. The fraction of sp³-hybridized carbons (Fsp3) is 0.333. The maximum Gasteiger partial charge on any atom is 0.268 e. The van der Waals surface area contributed by atoms with E-state index < -0.39 is 0 Å². The van der Waals surface area contributed by atoms with Crippen LogP contribution in [0.2, 0.25) is 5.02 Å². The molecule has 7 heteroatoms. The van der Waals surface area contributed by atoms with Gasteiger partial charge in [-0.05, 0) is 17.7 Å². The number of aliphatic hydroxyl groups is 1. The highest BCUT2D eigenvalue weighted by atomic mass is 35.5. The molecule has 0 aliphatic carbocycles. The summed E-state index contributed by atoms with van der Waals surface area (Å²) in [6.07, 6.45) is 0. The number of ether oxygens (including phenoxy) is 1. The van der Waals surface area contributed by atoms with E-state index in [0.29, 0.717) is 26.8 Å². The second-order valence-electron chi connectivity index (χ2n) is 4.54. The number of carbonyl (C=O) groups excluding carboxylic acids is 2. The summed E-state index contributed by atoms with van der Waals surface area (Å²) in [5, 5.41) is 9.55. The van der Waals surface area contributed by atoms with E-state index in [1.54, 1.807) is 24.3 Å². The second-order valence-corrected chi connectivity index (χ2v) is 6.08. The largest absolute Gasteiger partial charge is 0.396 e. The minimum atomic E-state index is -0.343. The Balaban J connectivity index is 2.38. The number of nitrogens with zero attached hydrogens (tertiary/aromatic N) is 1. The standard InChI is InChI=1S/C15H16ClNO4S/c1-21-8-6-17-14(19)12(10-2-4-11(16)5-3-10)13(15(17)20)22-9-7-18/h2-5,18H,6-9H2,1H3. The van der Waals surface area contributed by atoms with Gasteiger partial charge < -0.3 is 9.84 Å². The molecule has 0 bridgehead atoms. The first-order valence-electron chi connectivity index (χ1n) is 6.69. The Kier molecular flexibility index (Phi) is 6.02. The number of hydrogen-bond acceptors (Lipinski definition) is 5. The van der Waals surface area contributed by atoms with Crippen molar-refractivity contribution in [2.24, 2.45) is 0 Å². The Bertz CT molecular complexity index is 600. The van der Waals surface area contributed by atoms with Crippen molar-refractivity contribution in [1.82, 2.24) is 4.90 Å². The van der Waals surface area contributed by atoms with E-state index in [1.165, 1.54) is 23.8 Å². The van der Waals surface area contributed by atoms with Gasteiger partial charge in [-0.3, -0.25) is 14.5 Å². The fourth-order valence-corrected chi connectivity index (χ4v) is 3.10. The maximum absolute atomic E-state index is 12.6. The molecule has 1 aromatic carbocycles. The van der Waals surface area contributed by atoms with E-state index in [2.05, 4.69) is 0 Å². The van der Waals surface area contributed by atoms with E-state index >= 15 is 0 Å². The van der Waals surface area contributed by atoms with Gasteiger partial charge in [-0.2, -0.15) is 0 Å². The predicted octanol–water partition coefficient (Wildman–Crippen LogP) is 1.79. The number of methoxy groups -OCH3 is 1. The van der Waals surface area contributed by atoms with E-state index in [1.807, 2.05) is 0 Å². The first-order chi connectivity index (χ1) is 10.6. The lowest BCUT2D eigenvalue weighted by atomic mass is 10.1. The average molecular weight is 342 g/mol. The normalized spacial score (nSPS) is 15.1. The van der Waals surface area contributed by atoms with Crippen LogP contribution < -0.4 is 0 Å². The smallest absolute Gasteiger partial charge is 0.268 e. The number of amides is 2. The Morgan fingerprint density at radius 2 is 1.91 bits per heavy atom. The summed E-state index contributed by atoms with van der Waals surface area (Å²) in [4.78, 5) is 26.5. The lowest BCUT2D eigenvalue weighted by molar-refractivity contribution is -0.137. The Morgan fingerprint density at radius 1 is 1.23 bits per heavy atom. The third-order valence-electron chi connectivity index (χ3n) is 3.12. The lowest BCUT2D eigenvalue weighted by Gasteiger charge is -2.14. The van der Waals surface area contributed by atoms with E-state index in [4.69, 9.17) is 21.4 Å². The zero-order valence-corrected chi connectivity index (χ0v) is 13.6. The molecular formula is C15H16ClNO4S. The number of halogens is 1. The van der Waals surface area contributed by atoms with Crippen LogP contribution in [0.15, 0.2) is 29.2 Å². The van der Waals surface area contributed by atoms with Crippen molar-refractivity contribution < 1.29 is 19.4 Å².